The van der Waals surface area contributed by atoms with Crippen molar-refractivity contribution in [3.63, 3.8) is 0 Å². The SMILES string of the molecule is OCCCN1C(=S)N[C@H](c2ccccn2)[C@@H]1c1cccn1C[C@@H]1CCCO1. The van der Waals surface area contributed by atoms with E-state index < -0.39 is 0 Å². The van der Waals surface area contributed by atoms with Gasteiger partial charge in [0.25, 0.3) is 0 Å². The maximum absolute atomic E-state index is 9.33. The van der Waals surface area contributed by atoms with Gasteiger partial charge < -0.3 is 24.6 Å². The van der Waals surface area contributed by atoms with Gasteiger partial charge in [-0.3, -0.25) is 4.98 Å². The fraction of sp³-hybridized carbons (Fsp3) is 0.500. The summed E-state index contributed by atoms with van der Waals surface area (Å²) in [5.74, 6) is 0. The Morgan fingerprint density at radius 3 is 2.96 bits per heavy atom. The van der Waals surface area contributed by atoms with Crippen LogP contribution >= 0.6 is 12.2 Å². The quantitative estimate of drug-likeness (QED) is 0.713. The molecular formula is C20H26N4O2S. The molecule has 27 heavy (non-hydrogen) atoms. The molecule has 2 aliphatic rings. The Morgan fingerprint density at radius 1 is 1.30 bits per heavy atom. The highest BCUT2D eigenvalue weighted by Gasteiger charge is 2.40. The number of nitrogens with one attached hydrogen (secondary N) is 1. The summed E-state index contributed by atoms with van der Waals surface area (Å²) in [6.07, 6.45) is 7.14. The number of rotatable bonds is 7. The van der Waals surface area contributed by atoms with Gasteiger partial charge >= 0.3 is 0 Å². The minimum absolute atomic E-state index is 0.0180. The van der Waals surface area contributed by atoms with Crippen molar-refractivity contribution >= 4 is 17.3 Å². The van der Waals surface area contributed by atoms with Crippen LogP contribution in [0.2, 0.25) is 0 Å². The molecule has 0 unspecified atom stereocenters. The summed E-state index contributed by atoms with van der Waals surface area (Å²) in [4.78, 5) is 6.76. The molecule has 0 spiro atoms. The summed E-state index contributed by atoms with van der Waals surface area (Å²) < 4.78 is 8.14. The van der Waals surface area contributed by atoms with Crippen LogP contribution in [0, 0.1) is 0 Å². The van der Waals surface area contributed by atoms with Crippen molar-refractivity contribution in [3.8, 4) is 0 Å². The van der Waals surface area contributed by atoms with Crippen molar-refractivity contribution < 1.29 is 9.84 Å². The molecule has 2 fully saturated rings. The van der Waals surface area contributed by atoms with Crippen molar-refractivity contribution in [2.24, 2.45) is 0 Å². The summed E-state index contributed by atoms with van der Waals surface area (Å²) in [6.45, 7) is 2.57. The smallest absolute Gasteiger partial charge is 0.170 e. The van der Waals surface area contributed by atoms with E-state index in [-0.39, 0.29) is 24.8 Å². The lowest BCUT2D eigenvalue weighted by Gasteiger charge is -2.29. The highest BCUT2D eigenvalue weighted by Crippen LogP contribution is 2.39. The zero-order chi connectivity index (χ0) is 18.6. The van der Waals surface area contributed by atoms with E-state index in [1.165, 1.54) is 5.69 Å². The first-order valence-electron chi connectivity index (χ1n) is 9.63. The number of aromatic nitrogens is 2. The van der Waals surface area contributed by atoms with Gasteiger partial charge in [0.15, 0.2) is 5.11 Å². The van der Waals surface area contributed by atoms with Crippen molar-refractivity contribution in [1.82, 2.24) is 19.8 Å². The fourth-order valence-electron chi connectivity index (χ4n) is 4.08. The molecule has 0 aromatic carbocycles. The highest BCUT2D eigenvalue weighted by molar-refractivity contribution is 7.80. The van der Waals surface area contributed by atoms with Crippen molar-refractivity contribution in [2.75, 3.05) is 19.8 Å². The van der Waals surface area contributed by atoms with Crippen LogP contribution in [0.25, 0.3) is 0 Å². The molecular weight excluding hydrogens is 360 g/mol. The Bertz CT molecular complexity index is 760. The predicted molar refractivity (Wildman–Crippen MR) is 107 cm³/mol. The zero-order valence-electron chi connectivity index (χ0n) is 15.3. The van der Waals surface area contributed by atoms with Crippen molar-refractivity contribution in [2.45, 2.75) is 44.0 Å². The van der Waals surface area contributed by atoms with Gasteiger partial charge in [0.05, 0.1) is 23.9 Å². The van der Waals surface area contributed by atoms with Crippen LogP contribution in [0.4, 0.5) is 0 Å². The standard InChI is InChI=1S/C20H26N4O2S/c25-12-5-11-24-19(18(22-20(24)27)16-7-1-2-9-21-16)17-8-3-10-23(17)14-15-6-4-13-26-15/h1-3,7-10,15,18-19,25H,4-6,11-14H2,(H,22,27)/t15-,18+,19-/m0/s1. The number of nitrogens with zero attached hydrogens (tertiary/aromatic N) is 3. The molecule has 7 heteroatoms. The lowest BCUT2D eigenvalue weighted by atomic mass is 10.0. The van der Waals surface area contributed by atoms with Crippen LogP contribution in [-0.4, -0.2) is 50.5 Å². The topological polar surface area (TPSA) is 62.5 Å². The molecule has 2 aromatic rings. The van der Waals surface area contributed by atoms with E-state index >= 15 is 0 Å². The van der Waals surface area contributed by atoms with Gasteiger partial charge in [-0.2, -0.15) is 0 Å². The van der Waals surface area contributed by atoms with E-state index in [1.807, 2.05) is 24.4 Å². The third-order valence-electron chi connectivity index (χ3n) is 5.35. The van der Waals surface area contributed by atoms with Crippen LogP contribution in [-0.2, 0) is 11.3 Å². The van der Waals surface area contributed by atoms with E-state index in [4.69, 9.17) is 17.0 Å². The molecule has 2 aliphatic heterocycles. The van der Waals surface area contributed by atoms with E-state index in [1.54, 1.807) is 0 Å². The van der Waals surface area contributed by atoms with Crippen molar-refractivity contribution in [1.29, 1.82) is 0 Å². The molecule has 4 rings (SSSR count). The number of aliphatic hydroxyl groups is 1. The van der Waals surface area contributed by atoms with Crippen LogP contribution in [0.15, 0.2) is 42.7 Å². The maximum Gasteiger partial charge on any atom is 0.170 e. The highest BCUT2D eigenvalue weighted by atomic mass is 32.1. The van der Waals surface area contributed by atoms with Gasteiger partial charge in [-0.15, -0.1) is 0 Å². The number of thiocarbonyl (C=S) groups is 1. The summed E-state index contributed by atoms with van der Waals surface area (Å²) in [5, 5.41) is 13.5. The molecule has 2 aromatic heterocycles. The molecule has 3 atom stereocenters. The molecule has 0 bridgehead atoms. The number of ether oxygens (including phenoxy) is 1. The van der Waals surface area contributed by atoms with E-state index in [2.05, 4.69) is 38.1 Å². The first kappa shape index (κ1) is 18.4. The molecule has 6 nitrogen and oxygen atoms in total. The normalized spacial score (nSPS) is 25.1. The average Bonchev–Trinajstić information content (AvgIpc) is 3.42. The Balaban J connectivity index is 1.66. The molecule has 2 N–H and O–H groups in total. The summed E-state index contributed by atoms with van der Waals surface area (Å²) in [5.41, 5.74) is 2.17. The third kappa shape index (κ3) is 3.85. The monoisotopic (exact) mass is 386 g/mol. The Labute approximate surface area is 165 Å². The van der Waals surface area contributed by atoms with Gasteiger partial charge in [0.1, 0.15) is 0 Å². The van der Waals surface area contributed by atoms with Crippen LogP contribution in [0.5, 0.6) is 0 Å². The molecule has 2 saturated heterocycles. The van der Waals surface area contributed by atoms with Crippen LogP contribution in [0.1, 0.15) is 42.7 Å². The first-order chi connectivity index (χ1) is 13.3. The molecule has 0 radical (unpaired) electrons. The van der Waals surface area contributed by atoms with Gasteiger partial charge in [-0.05, 0) is 55.7 Å². The van der Waals surface area contributed by atoms with Crippen LogP contribution < -0.4 is 5.32 Å². The predicted octanol–water partition coefficient (Wildman–Crippen LogP) is 2.42. The van der Waals surface area contributed by atoms with E-state index in [9.17, 15) is 5.11 Å². The Kier molecular flexibility index (Phi) is 5.71. The second-order valence-corrected chi connectivity index (χ2v) is 7.50. The molecule has 0 aliphatic carbocycles. The molecule has 4 heterocycles. The second kappa shape index (κ2) is 8.37. The minimum Gasteiger partial charge on any atom is -0.396 e. The number of hydrogen-bond acceptors (Lipinski definition) is 4. The number of pyridine rings is 1. The number of aliphatic hydroxyl groups excluding tert-OH is 1. The zero-order valence-corrected chi connectivity index (χ0v) is 16.1. The first-order valence-corrected chi connectivity index (χ1v) is 10.0. The maximum atomic E-state index is 9.33. The van der Waals surface area contributed by atoms with Crippen molar-refractivity contribution in [3.05, 3.63) is 54.1 Å². The number of hydrogen-bond donors (Lipinski definition) is 2. The van der Waals surface area contributed by atoms with Gasteiger partial charge in [-0.25, -0.2) is 0 Å². The van der Waals surface area contributed by atoms with Crippen LogP contribution in [0.3, 0.4) is 0 Å². The summed E-state index contributed by atoms with van der Waals surface area (Å²) in [7, 11) is 0. The average molecular weight is 387 g/mol. The molecule has 0 amide bonds. The second-order valence-electron chi connectivity index (χ2n) is 7.12. The molecule has 0 saturated carbocycles. The fourth-order valence-corrected chi connectivity index (χ4v) is 4.41. The largest absolute Gasteiger partial charge is 0.396 e. The molecule has 144 valence electrons. The lowest BCUT2D eigenvalue weighted by molar-refractivity contribution is 0.0953. The summed E-state index contributed by atoms with van der Waals surface area (Å²) >= 11 is 5.64. The van der Waals surface area contributed by atoms with Gasteiger partial charge in [0, 0.05) is 44.4 Å². The minimum atomic E-state index is -0.0180. The third-order valence-corrected chi connectivity index (χ3v) is 5.70. The van der Waals surface area contributed by atoms with E-state index in [0.29, 0.717) is 18.1 Å². The Morgan fingerprint density at radius 2 is 2.22 bits per heavy atom. The summed E-state index contributed by atoms with van der Waals surface area (Å²) in [6, 6.07) is 10.2. The lowest BCUT2D eigenvalue weighted by Crippen LogP contribution is -2.32. The van der Waals surface area contributed by atoms with Gasteiger partial charge in [-0.1, -0.05) is 6.07 Å². The van der Waals surface area contributed by atoms with Gasteiger partial charge in [0.2, 0.25) is 0 Å². The Hall–Kier alpha value is -1.96. The van der Waals surface area contributed by atoms with E-state index in [0.717, 1.165) is 31.7 Å².